The van der Waals surface area contributed by atoms with Crippen molar-refractivity contribution in [2.75, 3.05) is 0 Å². The molecule has 0 aliphatic heterocycles. The molecule has 0 bridgehead atoms. The van der Waals surface area contributed by atoms with Gasteiger partial charge in [0.05, 0.1) is 21.8 Å². The Bertz CT molecular complexity index is 1450. The van der Waals surface area contributed by atoms with Crippen molar-refractivity contribution in [3.63, 3.8) is 0 Å². The summed E-state index contributed by atoms with van der Waals surface area (Å²) in [5.74, 6) is -2.08. The number of nitrogens with zero attached hydrogens (tertiary/aromatic N) is 4. The molecule has 0 unspecified atom stereocenters. The molecular formula is C24H16Cl2N4O5. The maximum absolute atomic E-state index is 13.2. The lowest BCUT2D eigenvalue weighted by atomic mass is 10.0. The summed E-state index contributed by atoms with van der Waals surface area (Å²) in [6, 6.07) is 13.2. The number of carbonyl (C=O) groups is 3. The first kappa shape index (κ1) is 24.1. The average Bonchev–Trinajstić information content (AvgIpc) is 3.11. The van der Waals surface area contributed by atoms with Crippen LogP contribution in [-0.2, 0) is 7.05 Å². The standard InChI is InChI=1S/C24H16Cl2N4O5/c1-13-20(21(31)17-9-8-16(25)12-18(17)26)22(30(2)29-13)35-24(33)15-6-3-5-14(11-15)23(32)34-19-7-4-10-27-28-19/h3-12H,1-2H3. The molecule has 2 aromatic heterocycles. The van der Waals surface area contributed by atoms with Crippen LogP contribution in [0.3, 0.4) is 0 Å². The summed E-state index contributed by atoms with van der Waals surface area (Å²) in [5.41, 5.74) is 0.741. The Kier molecular flexibility index (Phi) is 6.90. The van der Waals surface area contributed by atoms with Gasteiger partial charge < -0.3 is 9.47 Å². The minimum atomic E-state index is -0.807. The van der Waals surface area contributed by atoms with Gasteiger partial charge in [-0.3, -0.25) is 4.79 Å². The van der Waals surface area contributed by atoms with Crippen LogP contribution in [-0.4, -0.2) is 37.7 Å². The van der Waals surface area contributed by atoms with Crippen molar-refractivity contribution in [2.45, 2.75) is 6.92 Å². The Hall–Kier alpha value is -4.08. The lowest BCUT2D eigenvalue weighted by Gasteiger charge is -2.09. The van der Waals surface area contributed by atoms with E-state index in [1.165, 1.54) is 66.5 Å². The predicted octanol–water partition coefficient (Wildman–Crippen LogP) is 4.49. The number of benzene rings is 2. The number of ether oxygens (including phenoxy) is 2. The second-order valence-electron chi connectivity index (χ2n) is 7.26. The van der Waals surface area contributed by atoms with Gasteiger partial charge in [-0.15, -0.1) is 5.10 Å². The van der Waals surface area contributed by atoms with Gasteiger partial charge in [0.15, 0.2) is 0 Å². The maximum Gasteiger partial charge on any atom is 0.344 e. The zero-order valence-corrected chi connectivity index (χ0v) is 19.9. The van der Waals surface area contributed by atoms with Crippen LogP contribution in [0, 0.1) is 6.92 Å². The molecule has 0 N–H and O–H groups in total. The summed E-state index contributed by atoms with van der Waals surface area (Å²) < 4.78 is 12.0. The molecule has 0 saturated heterocycles. The summed E-state index contributed by atoms with van der Waals surface area (Å²) in [6.07, 6.45) is 1.44. The smallest absolute Gasteiger partial charge is 0.344 e. The highest BCUT2D eigenvalue weighted by Crippen LogP contribution is 2.29. The molecule has 4 aromatic rings. The first-order valence-corrected chi connectivity index (χ1v) is 10.9. The van der Waals surface area contributed by atoms with Crippen molar-refractivity contribution in [2.24, 2.45) is 7.05 Å². The van der Waals surface area contributed by atoms with Gasteiger partial charge in [-0.25, -0.2) is 14.3 Å². The molecule has 2 heterocycles. The SMILES string of the molecule is Cc1nn(C)c(OC(=O)c2cccc(C(=O)Oc3cccnn3)c2)c1C(=O)c1ccc(Cl)cc1Cl. The average molecular weight is 511 g/mol. The number of rotatable bonds is 6. The zero-order valence-electron chi connectivity index (χ0n) is 18.4. The molecule has 2 aromatic carbocycles. The van der Waals surface area contributed by atoms with Gasteiger partial charge in [0.1, 0.15) is 5.56 Å². The second-order valence-corrected chi connectivity index (χ2v) is 8.11. The topological polar surface area (TPSA) is 113 Å². The summed E-state index contributed by atoms with van der Waals surface area (Å²) >= 11 is 12.1. The van der Waals surface area contributed by atoms with E-state index in [1.807, 2.05) is 0 Å². The molecule has 0 atom stereocenters. The molecule has 0 spiro atoms. The minimum absolute atomic E-state index is 0.0138. The summed E-state index contributed by atoms with van der Waals surface area (Å²) in [5, 5.41) is 12.1. The number of aromatic nitrogens is 4. The van der Waals surface area contributed by atoms with Crippen molar-refractivity contribution < 1.29 is 23.9 Å². The Morgan fingerprint density at radius 3 is 2.29 bits per heavy atom. The normalized spacial score (nSPS) is 10.6. The Morgan fingerprint density at radius 1 is 0.914 bits per heavy atom. The van der Waals surface area contributed by atoms with Crippen LogP contribution in [0.15, 0.2) is 60.8 Å². The summed E-state index contributed by atoms with van der Waals surface area (Å²) in [6.45, 7) is 1.61. The van der Waals surface area contributed by atoms with Crippen molar-refractivity contribution in [3.8, 4) is 11.8 Å². The monoisotopic (exact) mass is 510 g/mol. The molecule has 4 rings (SSSR count). The highest BCUT2D eigenvalue weighted by Gasteiger charge is 2.27. The number of hydrogen-bond donors (Lipinski definition) is 0. The highest BCUT2D eigenvalue weighted by atomic mass is 35.5. The molecule has 0 saturated carbocycles. The van der Waals surface area contributed by atoms with Gasteiger partial charge >= 0.3 is 11.9 Å². The number of ketones is 1. The van der Waals surface area contributed by atoms with Crippen LogP contribution in [0.4, 0.5) is 0 Å². The Morgan fingerprint density at radius 2 is 1.63 bits per heavy atom. The molecule has 35 heavy (non-hydrogen) atoms. The molecule has 0 radical (unpaired) electrons. The number of esters is 2. The van der Waals surface area contributed by atoms with Gasteiger partial charge in [-0.1, -0.05) is 29.3 Å². The third kappa shape index (κ3) is 5.21. The first-order valence-electron chi connectivity index (χ1n) is 10.1. The molecule has 0 amide bonds. The van der Waals surface area contributed by atoms with Gasteiger partial charge in [0.25, 0.3) is 0 Å². The lowest BCUT2D eigenvalue weighted by Crippen LogP contribution is -2.16. The predicted molar refractivity (Wildman–Crippen MR) is 126 cm³/mol. The third-order valence-electron chi connectivity index (χ3n) is 4.84. The van der Waals surface area contributed by atoms with Crippen LogP contribution in [0.2, 0.25) is 10.0 Å². The van der Waals surface area contributed by atoms with E-state index in [0.29, 0.717) is 10.7 Å². The van der Waals surface area contributed by atoms with Crippen molar-refractivity contribution in [3.05, 3.63) is 98.8 Å². The summed E-state index contributed by atoms with van der Waals surface area (Å²) in [7, 11) is 1.53. The molecular weight excluding hydrogens is 495 g/mol. The van der Waals surface area contributed by atoms with E-state index in [1.54, 1.807) is 13.0 Å². The van der Waals surface area contributed by atoms with E-state index in [0.717, 1.165) is 0 Å². The minimum Gasteiger partial charge on any atom is -0.403 e. The van der Waals surface area contributed by atoms with Gasteiger partial charge in [0, 0.05) is 29.9 Å². The van der Waals surface area contributed by atoms with Crippen molar-refractivity contribution >= 4 is 40.9 Å². The van der Waals surface area contributed by atoms with E-state index >= 15 is 0 Å². The van der Waals surface area contributed by atoms with Crippen LogP contribution >= 0.6 is 23.2 Å². The lowest BCUT2D eigenvalue weighted by molar-refractivity contribution is 0.0718. The molecule has 0 aliphatic carbocycles. The van der Waals surface area contributed by atoms with E-state index in [-0.39, 0.29) is 39.0 Å². The number of aryl methyl sites for hydroxylation is 2. The van der Waals surface area contributed by atoms with Crippen LogP contribution in [0.25, 0.3) is 0 Å². The van der Waals surface area contributed by atoms with Crippen LogP contribution < -0.4 is 9.47 Å². The maximum atomic E-state index is 13.2. The molecule has 9 nitrogen and oxygen atoms in total. The quantitative estimate of drug-likeness (QED) is 0.275. The number of hydrogen-bond acceptors (Lipinski definition) is 8. The Labute approximate surface area is 209 Å². The van der Waals surface area contributed by atoms with E-state index in [2.05, 4.69) is 15.3 Å². The Balaban J connectivity index is 1.60. The number of halogens is 2. The number of carbonyl (C=O) groups excluding carboxylic acids is 3. The van der Waals surface area contributed by atoms with Crippen LogP contribution in [0.1, 0.15) is 42.3 Å². The fourth-order valence-electron chi connectivity index (χ4n) is 3.24. The van der Waals surface area contributed by atoms with Crippen molar-refractivity contribution in [1.29, 1.82) is 0 Å². The molecule has 11 heteroatoms. The van der Waals surface area contributed by atoms with Crippen LogP contribution in [0.5, 0.6) is 11.8 Å². The van der Waals surface area contributed by atoms with Crippen molar-refractivity contribution in [1.82, 2.24) is 20.0 Å². The van der Waals surface area contributed by atoms with E-state index < -0.39 is 17.7 Å². The zero-order chi connectivity index (χ0) is 25.1. The molecule has 176 valence electrons. The fourth-order valence-corrected chi connectivity index (χ4v) is 3.73. The van der Waals surface area contributed by atoms with E-state index in [9.17, 15) is 14.4 Å². The van der Waals surface area contributed by atoms with Gasteiger partial charge in [-0.05, 0) is 49.4 Å². The second kappa shape index (κ2) is 10.0. The third-order valence-corrected chi connectivity index (χ3v) is 5.39. The van der Waals surface area contributed by atoms with Gasteiger partial charge in [-0.2, -0.15) is 10.2 Å². The largest absolute Gasteiger partial charge is 0.403 e. The first-order chi connectivity index (χ1) is 16.7. The van der Waals surface area contributed by atoms with E-state index in [4.69, 9.17) is 32.7 Å². The fraction of sp³-hybridized carbons (Fsp3) is 0.0833. The molecule has 0 aliphatic rings. The summed E-state index contributed by atoms with van der Waals surface area (Å²) in [4.78, 5) is 38.6. The van der Waals surface area contributed by atoms with Gasteiger partial charge in [0.2, 0.25) is 17.5 Å². The molecule has 0 fully saturated rings. The highest BCUT2D eigenvalue weighted by molar-refractivity contribution is 6.37.